The molecule has 1 aliphatic carbocycles. The van der Waals surface area contributed by atoms with Crippen LogP contribution in [0.25, 0.3) is 0 Å². The lowest BCUT2D eigenvalue weighted by Crippen LogP contribution is -2.29. The summed E-state index contributed by atoms with van der Waals surface area (Å²) in [6.45, 7) is 4.26. The monoisotopic (exact) mass is 194 g/mol. The third-order valence-corrected chi connectivity index (χ3v) is 3.27. The van der Waals surface area contributed by atoms with E-state index in [-0.39, 0.29) is 0 Å². The molecule has 2 atom stereocenters. The lowest BCUT2D eigenvalue weighted by Gasteiger charge is -2.34. The van der Waals surface area contributed by atoms with E-state index in [2.05, 4.69) is 13.8 Å². The predicted octanol–water partition coefficient (Wildman–Crippen LogP) is 2.83. The molecular weight excluding hydrogens is 176 g/mol. The summed E-state index contributed by atoms with van der Waals surface area (Å²) < 4.78 is 5.75. The van der Waals surface area contributed by atoms with Gasteiger partial charge in [0, 0.05) is 18.4 Å². The second-order valence-corrected chi connectivity index (χ2v) is 4.38. The Labute approximate surface area is 85.3 Å². The third kappa shape index (κ3) is 1.58. The second-order valence-electron chi connectivity index (χ2n) is 4.38. The molecule has 14 heavy (non-hydrogen) atoms. The summed E-state index contributed by atoms with van der Waals surface area (Å²) in [5, 5.41) is 0. The van der Waals surface area contributed by atoms with Crippen LogP contribution in [0.4, 0.5) is 0 Å². The molecule has 0 saturated carbocycles. The zero-order valence-corrected chi connectivity index (χ0v) is 9.01. The van der Waals surface area contributed by atoms with E-state index in [1.54, 1.807) is 0 Å². The van der Waals surface area contributed by atoms with Gasteiger partial charge in [-0.1, -0.05) is 6.92 Å². The number of carbonyl (C=O) groups excluding carboxylic acids is 1. The van der Waals surface area contributed by atoms with Crippen molar-refractivity contribution in [3.63, 3.8) is 0 Å². The number of ketones is 1. The molecule has 2 heteroatoms. The first kappa shape index (κ1) is 9.75. The first-order chi connectivity index (χ1) is 6.72. The van der Waals surface area contributed by atoms with Crippen LogP contribution in [0.5, 0.6) is 0 Å². The first-order valence-corrected chi connectivity index (χ1v) is 5.65. The number of ether oxygens (including phenoxy) is 1. The highest BCUT2D eigenvalue weighted by Gasteiger charge is 2.33. The summed E-state index contributed by atoms with van der Waals surface area (Å²) in [5.74, 6) is 1.80. The van der Waals surface area contributed by atoms with E-state index in [9.17, 15) is 4.79 Å². The molecule has 1 aliphatic heterocycles. The van der Waals surface area contributed by atoms with Crippen molar-refractivity contribution in [3.05, 3.63) is 11.3 Å². The molecule has 0 saturated heterocycles. The van der Waals surface area contributed by atoms with E-state index in [1.165, 1.54) is 0 Å². The standard InChI is InChI=1S/C12H18O2/c1-3-9-7-8(2)14-11-6-4-5-10(13)12(9)11/h8-9H,3-7H2,1-2H3/t8?,9-/m1/s1. The van der Waals surface area contributed by atoms with Gasteiger partial charge in [-0.3, -0.25) is 4.79 Å². The summed E-state index contributed by atoms with van der Waals surface area (Å²) >= 11 is 0. The van der Waals surface area contributed by atoms with Crippen LogP contribution in [0.2, 0.25) is 0 Å². The summed E-state index contributed by atoms with van der Waals surface area (Å²) in [6.07, 6.45) is 5.06. The Morgan fingerprint density at radius 1 is 1.43 bits per heavy atom. The van der Waals surface area contributed by atoms with Crippen LogP contribution in [0, 0.1) is 5.92 Å². The molecule has 0 aromatic rings. The highest BCUT2D eigenvalue weighted by atomic mass is 16.5. The van der Waals surface area contributed by atoms with E-state index in [1.807, 2.05) is 0 Å². The number of Topliss-reactive ketones (excluding diaryl/α,β-unsaturated/α-hetero) is 1. The zero-order chi connectivity index (χ0) is 10.1. The molecule has 0 radical (unpaired) electrons. The SMILES string of the molecule is CC[C@@H]1CC(C)OC2=C1C(=O)CCC2. The molecule has 0 bridgehead atoms. The van der Waals surface area contributed by atoms with Crippen molar-refractivity contribution in [3.8, 4) is 0 Å². The molecule has 0 amide bonds. The van der Waals surface area contributed by atoms with Gasteiger partial charge in [0.1, 0.15) is 5.76 Å². The van der Waals surface area contributed by atoms with Crippen LogP contribution in [0.1, 0.15) is 46.0 Å². The van der Waals surface area contributed by atoms with Crippen LogP contribution in [0.15, 0.2) is 11.3 Å². The minimum absolute atomic E-state index is 0.296. The lowest BCUT2D eigenvalue weighted by molar-refractivity contribution is -0.118. The Bertz CT molecular complexity index is 278. The molecule has 2 rings (SSSR count). The summed E-state index contributed by atoms with van der Waals surface area (Å²) in [7, 11) is 0. The predicted molar refractivity (Wildman–Crippen MR) is 54.8 cm³/mol. The largest absolute Gasteiger partial charge is 0.495 e. The van der Waals surface area contributed by atoms with Gasteiger partial charge in [0.2, 0.25) is 0 Å². The van der Waals surface area contributed by atoms with Crippen LogP contribution in [0.3, 0.4) is 0 Å². The van der Waals surface area contributed by atoms with Crippen molar-refractivity contribution in [1.29, 1.82) is 0 Å². The average Bonchev–Trinajstić information content (AvgIpc) is 2.16. The Balaban J connectivity index is 2.32. The van der Waals surface area contributed by atoms with Crippen molar-refractivity contribution < 1.29 is 9.53 Å². The molecule has 0 spiro atoms. The molecule has 1 unspecified atom stereocenters. The summed E-state index contributed by atoms with van der Waals surface area (Å²) in [6, 6.07) is 0. The van der Waals surface area contributed by atoms with Crippen molar-refractivity contribution in [2.24, 2.45) is 5.92 Å². The maximum Gasteiger partial charge on any atom is 0.162 e. The van der Waals surface area contributed by atoms with Gasteiger partial charge < -0.3 is 4.74 Å². The Kier molecular flexibility index (Phi) is 2.62. The smallest absolute Gasteiger partial charge is 0.162 e. The molecule has 1 heterocycles. The first-order valence-electron chi connectivity index (χ1n) is 5.65. The van der Waals surface area contributed by atoms with Crippen molar-refractivity contribution in [1.82, 2.24) is 0 Å². The highest BCUT2D eigenvalue weighted by molar-refractivity contribution is 5.97. The van der Waals surface area contributed by atoms with Gasteiger partial charge in [-0.05, 0) is 32.1 Å². The van der Waals surface area contributed by atoms with Crippen LogP contribution in [-0.2, 0) is 9.53 Å². The molecule has 2 nitrogen and oxygen atoms in total. The fourth-order valence-corrected chi connectivity index (χ4v) is 2.59. The number of rotatable bonds is 1. The third-order valence-electron chi connectivity index (χ3n) is 3.27. The molecule has 0 N–H and O–H groups in total. The molecule has 78 valence electrons. The fourth-order valence-electron chi connectivity index (χ4n) is 2.59. The van der Waals surface area contributed by atoms with Gasteiger partial charge in [0.25, 0.3) is 0 Å². The number of hydrogen-bond donors (Lipinski definition) is 0. The molecule has 2 aliphatic rings. The highest BCUT2D eigenvalue weighted by Crippen LogP contribution is 2.37. The normalized spacial score (nSPS) is 32.6. The Morgan fingerprint density at radius 2 is 2.21 bits per heavy atom. The average molecular weight is 194 g/mol. The van der Waals surface area contributed by atoms with Crippen molar-refractivity contribution in [2.45, 2.75) is 52.1 Å². The Morgan fingerprint density at radius 3 is 2.93 bits per heavy atom. The van der Waals surface area contributed by atoms with Crippen LogP contribution < -0.4 is 0 Å². The second kappa shape index (κ2) is 3.76. The van der Waals surface area contributed by atoms with E-state index in [4.69, 9.17) is 4.74 Å². The Hall–Kier alpha value is -0.790. The van der Waals surface area contributed by atoms with Gasteiger partial charge in [-0.15, -0.1) is 0 Å². The van der Waals surface area contributed by atoms with Gasteiger partial charge in [0.05, 0.1) is 6.10 Å². The number of hydrogen-bond acceptors (Lipinski definition) is 2. The van der Waals surface area contributed by atoms with Gasteiger partial charge >= 0.3 is 0 Å². The maximum atomic E-state index is 11.8. The lowest BCUT2D eigenvalue weighted by atomic mass is 9.81. The number of carbonyl (C=O) groups is 1. The van der Waals surface area contributed by atoms with Gasteiger partial charge in [-0.2, -0.15) is 0 Å². The van der Waals surface area contributed by atoms with Gasteiger partial charge in [0.15, 0.2) is 5.78 Å². The van der Waals surface area contributed by atoms with Crippen LogP contribution in [-0.4, -0.2) is 11.9 Å². The molecular formula is C12H18O2. The number of allylic oxidation sites excluding steroid dienone is 2. The van der Waals surface area contributed by atoms with Crippen molar-refractivity contribution in [2.75, 3.05) is 0 Å². The molecule has 0 aromatic heterocycles. The quantitative estimate of drug-likeness (QED) is 0.641. The minimum Gasteiger partial charge on any atom is -0.495 e. The molecule has 0 fully saturated rings. The minimum atomic E-state index is 0.296. The van der Waals surface area contributed by atoms with E-state index in [0.717, 1.165) is 43.4 Å². The summed E-state index contributed by atoms with van der Waals surface area (Å²) in [5.41, 5.74) is 1.02. The molecule has 0 aromatic carbocycles. The maximum absolute atomic E-state index is 11.8. The zero-order valence-electron chi connectivity index (χ0n) is 9.01. The van der Waals surface area contributed by atoms with E-state index >= 15 is 0 Å². The van der Waals surface area contributed by atoms with Crippen LogP contribution >= 0.6 is 0 Å². The fraction of sp³-hybridized carbons (Fsp3) is 0.750. The van der Waals surface area contributed by atoms with E-state index < -0.39 is 0 Å². The van der Waals surface area contributed by atoms with Crippen molar-refractivity contribution >= 4 is 5.78 Å². The summed E-state index contributed by atoms with van der Waals surface area (Å²) in [4.78, 5) is 11.8. The van der Waals surface area contributed by atoms with Gasteiger partial charge in [-0.25, -0.2) is 0 Å². The van der Waals surface area contributed by atoms with E-state index in [0.29, 0.717) is 17.8 Å². The topological polar surface area (TPSA) is 26.3 Å².